The minimum absolute atomic E-state index is 0.217. The number of nitrogens with zero attached hydrogens (tertiary/aromatic N) is 4. The predicted octanol–water partition coefficient (Wildman–Crippen LogP) is 0.298. The second-order valence-electron chi connectivity index (χ2n) is 4.76. The van der Waals surface area contributed by atoms with E-state index in [1.165, 1.54) is 0 Å². The lowest BCUT2D eigenvalue weighted by atomic mass is 10.4. The van der Waals surface area contributed by atoms with Crippen molar-refractivity contribution in [2.24, 2.45) is 0 Å². The van der Waals surface area contributed by atoms with E-state index in [-0.39, 0.29) is 6.61 Å². The third-order valence-electron chi connectivity index (χ3n) is 3.32. The van der Waals surface area contributed by atoms with E-state index < -0.39 is 0 Å². The van der Waals surface area contributed by atoms with E-state index in [1.54, 1.807) is 7.11 Å². The maximum absolute atomic E-state index is 9.00. The number of ether oxygens (including phenoxy) is 1. The molecule has 0 unspecified atom stereocenters. The molecule has 0 atom stereocenters. The topological polar surface area (TPSA) is 61.7 Å². The van der Waals surface area contributed by atoms with Crippen molar-refractivity contribution in [3.05, 3.63) is 11.8 Å². The SMILES string of the molecule is COc1cc(C)nc(N2CCCN(CCO)CC2)n1. The van der Waals surface area contributed by atoms with E-state index in [0.717, 1.165) is 50.8 Å². The van der Waals surface area contributed by atoms with Gasteiger partial charge in [-0.3, -0.25) is 4.90 Å². The quantitative estimate of drug-likeness (QED) is 0.845. The van der Waals surface area contributed by atoms with E-state index >= 15 is 0 Å². The Morgan fingerprint density at radius 2 is 2.11 bits per heavy atom. The van der Waals surface area contributed by atoms with Gasteiger partial charge in [0.05, 0.1) is 13.7 Å². The maximum Gasteiger partial charge on any atom is 0.228 e. The third-order valence-corrected chi connectivity index (χ3v) is 3.32. The Balaban J connectivity index is 2.07. The molecule has 19 heavy (non-hydrogen) atoms. The first-order chi connectivity index (χ1) is 9.22. The number of anilines is 1. The highest BCUT2D eigenvalue weighted by molar-refractivity contribution is 5.34. The maximum atomic E-state index is 9.00. The molecule has 0 radical (unpaired) electrons. The molecule has 1 aliphatic rings. The normalized spacial score (nSPS) is 17.3. The van der Waals surface area contributed by atoms with Gasteiger partial charge in [-0.05, 0) is 19.9 Å². The van der Waals surface area contributed by atoms with Crippen molar-refractivity contribution in [3.63, 3.8) is 0 Å². The molecule has 6 heteroatoms. The van der Waals surface area contributed by atoms with E-state index in [2.05, 4.69) is 19.8 Å². The Bertz CT molecular complexity index is 414. The summed E-state index contributed by atoms with van der Waals surface area (Å²) in [4.78, 5) is 13.4. The molecule has 0 amide bonds. The Labute approximate surface area is 114 Å². The smallest absolute Gasteiger partial charge is 0.228 e. The molecule has 1 aromatic heterocycles. The molecular weight excluding hydrogens is 244 g/mol. The fourth-order valence-electron chi connectivity index (χ4n) is 2.31. The van der Waals surface area contributed by atoms with Crippen molar-refractivity contribution >= 4 is 5.95 Å². The van der Waals surface area contributed by atoms with Crippen LogP contribution in [0, 0.1) is 6.92 Å². The van der Waals surface area contributed by atoms with Gasteiger partial charge in [0.2, 0.25) is 11.8 Å². The molecule has 1 N–H and O–H groups in total. The zero-order valence-corrected chi connectivity index (χ0v) is 11.7. The molecule has 2 rings (SSSR count). The molecule has 2 heterocycles. The predicted molar refractivity (Wildman–Crippen MR) is 73.7 cm³/mol. The number of rotatable bonds is 4. The zero-order chi connectivity index (χ0) is 13.7. The Hall–Kier alpha value is -1.40. The van der Waals surface area contributed by atoms with Gasteiger partial charge in [-0.15, -0.1) is 0 Å². The minimum atomic E-state index is 0.217. The van der Waals surface area contributed by atoms with Crippen molar-refractivity contribution in [1.29, 1.82) is 0 Å². The van der Waals surface area contributed by atoms with Crippen LogP contribution in [0.1, 0.15) is 12.1 Å². The van der Waals surface area contributed by atoms with Crippen molar-refractivity contribution in [3.8, 4) is 5.88 Å². The van der Waals surface area contributed by atoms with Gasteiger partial charge in [0, 0.05) is 37.9 Å². The Morgan fingerprint density at radius 3 is 2.84 bits per heavy atom. The lowest BCUT2D eigenvalue weighted by molar-refractivity contribution is 0.204. The number of aliphatic hydroxyl groups excluding tert-OH is 1. The summed E-state index contributed by atoms with van der Waals surface area (Å²) in [7, 11) is 1.62. The summed E-state index contributed by atoms with van der Waals surface area (Å²) in [5.74, 6) is 1.35. The largest absolute Gasteiger partial charge is 0.481 e. The van der Waals surface area contributed by atoms with Crippen LogP contribution in [0.15, 0.2) is 6.07 Å². The van der Waals surface area contributed by atoms with Gasteiger partial charge < -0.3 is 14.7 Å². The molecule has 106 valence electrons. The van der Waals surface area contributed by atoms with Gasteiger partial charge in [-0.25, -0.2) is 4.98 Å². The lowest BCUT2D eigenvalue weighted by Crippen LogP contribution is -2.33. The molecule has 6 nitrogen and oxygen atoms in total. The monoisotopic (exact) mass is 266 g/mol. The standard InChI is InChI=1S/C13H22N4O2/c1-11-10-12(19-2)15-13(14-11)17-5-3-4-16(6-7-17)8-9-18/h10,18H,3-9H2,1-2H3. The second-order valence-corrected chi connectivity index (χ2v) is 4.76. The number of hydrogen-bond acceptors (Lipinski definition) is 6. The van der Waals surface area contributed by atoms with Gasteiger partial charge in [-0.2, -0.15) is 4.98 Å². The number of aliphatic hydroxyl groups is 1. The Morgan fingerprint density at radius 1 is 1.26 bits per heavy atom. The fourth-order valence-corrected chi connectivity index (χ4v) is 2.31. The summed E-state index contributed by atoms with van der Waals surface area (Å²) in [5, 5.41) is 9.00. The van der Waals surface area contributed by atoms with Gasteiger partial charge >= 0.3 is 0 Å². The average molecular weight is 266 g/mol. The molecule has 1 aromatic rings. The molecule has 0 spiro atoms. The van der Waals surface area contributed by atoms with E-state index in [0.29, 0.717) is 5.88 Å². The van der Waals surface area contributed by atoms with Crippen LogP contribution < -0.4 is 9.64 Å². The number of hydrogen-bond donors (Lipinski definition) is 1. The van der Waals surface area contributed by atoms with Crippen molar-refractivity contribution in [1.82, 2.24) is 14.9 Å². The van der Waals surface area contributed by atoms with Crippen LogP contribution in [0.2, 0.25) is 0 Å². The second kappa shape index (κ2) is 6.68. The molecule has 0 aromatic carbocycles. The zero-order valence-electron chi connectivity index (χ0n) is 11.7. The summed E-state index contributed by atoms with van der Waals surface area (Å²) >= 11 is 0. The number of aromatic nitrogens is 2. The molecule has 1 fully saturated rings. The van der Waals surface area contributed by atoms with Gasteiger partial charge in [0.15, 0.2) is 0 Å². The summed E-state index contributed by atoms with van der Waals surface area (Å²) in [6, 6.07) is 1.83. The van der Waals surface area contributed by atoms with Crippen LogP contribution >= 0.6 is 0 Å². The van der Waals surface area contributed by atoms with Crippen LogP contribution in [0.25, 0.3) is 0 Å². The van der Waals surface area contributed by atoms with Crippen molar-refractivity contribution in [2.75, 3.05) is 51.3 Å². The van der Waals surface area contributed by atoms with Crippen LogP contribution in [0.4, 0.5) is 5.95 Å². The highest BCUT2D eigenvalue weighted by atomic mass is 16.5. The van der Waals surface area contributed by atoms with E-state index in [1.807, 2.05) is 13.0 Å². The lowest BCUT2D eigenvalue weighted by Gasteiger charge is -2.21. The average Bonchev–Trinajstić information content (AvgIpc) is 2.64. The number of β-amino-alcohol motifs (C(OH)–C–C–N with tert-alkyl or cyclic N) is 1. The molecule has 0 bridgehead atoms. The highest BCUT2D eigenvalue weighted by Crippen LogP contribution is 2.16. The summed E-state index contributed by atoms with van der Waals surface area (Å²) in [6.07, 6.45) is 1.06. The summed E-state index contributed by atoms with van der Waals surface area (Å²) in [5.41, 5.74) is 0.915. The first-order valence-corrected chi connectivity index (χ1v) is 6.71. The highest BCUT2D eigenvalue weighted by Gasteiger charge is 2.17. The molecule has 0 aliphatic carbocycles. The molecule has 1 saturated heterocycles. The summed E-state index contributed by atoms with van der Waals surface area (Å²) < 4.78 is 5.20. The van der Waals surface area contributed by atoms with Crippen molar-refractivity contribution in [2.45, 2.75) is 13.3 Å². The van der Waals surface area contributed by atoms with Gasteiger partial charge in [0.25, 0.3) is 0 Å². The van der Waals surface area contributed by atoms with E-state index in [9.17, 15) is 0 Å². The van der Waals surface area contributed by atoms with E-state index in [4.69, 9.17) is 9.84 Å². The number of methoxy groups -OCH3 is 1. The van der Waals surface area contributed by atoms with Crippen LogP contribution in [-0.2, 0) is 0 Å². The Kier molecular flexibility index (Phi) is 4.93. The third kappa shape index (κ3) is 3.78. The first kappa shape index (κ1) is 14.0. The van der Waals surface area contributed by atoms with Gasteiger partial charge in [-0.1, -0.05) is 0 Å². The molecule has 0 saturated carbocycles. The fraction of sp³-hybridized carbons (Fsp3) is 0.692. The number of aryl methyl sites for hydroxylation is 1. The van der Waals surface area contributed by atoms with Crippen LogP contribution in [-0.4, -0.2) is 66.4 Å². The first-order valence-electron chi connectivity index (χ1n) is 6.71. The molecular formula is C13H22N4O2. The van der Waals surface area contributed by atoms with Crippen molar-refractivity contribution < 1.29 is 9.84 Å². The van der Waals surface area contributed by atoms with Crippen LogP contribution in [0.5, 0.6) is 5.88 Å². The van der Waals surface area contributed by atoms with Crippen LogP contribution in [0.3, 0.4) is 0 Å². The summed E-state index contributed by atoms with van der Waals surface area (Å²) in [6.45, 7) is 6.67. The minimum Gasteiger partial charge on any atom is -0.481 e. The molecule has 1 aliphatic heterocycles. The van der Waals surface area contributed by atoms with Gasteiger partial charge in [0.1, 0.15) is 0 Å².